The molecule has 0 unspecified atom stereocenters. The van der Waals surface area contributed by atoms with Crippen LogP contribution in [0.1, 0.15) is 10.4 Å². The summed E-state index contributed by atoms with van der Waals surface area (Å²) >= 11 is 1.72. The van der Waals surface area contributed by atoms with E-state index in [-0.39, 0.29) is 5.91 Å². The molecule has 0 aromatic heterocycles. The number of rotatable bonds is 4. The highest BCUT2D eigenvalue weighted by atomic mass is 32.2. The molecule has 0 atom stereocenters. The van der Waals surface area contributed by atoms with Crippen LogP contribution in [0.25, 0.3) is 10.8 Å². The van der Waals surface area contributed by atoms with E-state index in [9.17, 15) is 4.79 Å². The maximum absolute atomic E-state index is 12.4. The molecule has 4 heteroatoms. The van der Waals surface area contributed by atoms with E-state index in [0.717, 1.165) is 23.1 Å². The zero-order valence-electron chi connectivity index (χ0n) is 11.2. The molecule has 0 saturated heterocycles. The first-order valence-corrected chi connectivity index (χ1v) is 7.55. The van der Waals surface area contributed by atoms with Gasteiger partial charge in [0.1, 0.15) is 0 Å². The predicted molar refractivity (Wildman–Crippen MR) is 83.7 cm³/mol. The van der Waals surface area contributed by atoms with E-state index >= 15 is 0 Å². The Bertz CT molecular complexity index is 598. The molecule has 0 fully saturated rings. The van der Waals surface area contributed by atoms with Gasteiger partial charge in [-0.1, -0.05) is 24.3 Å². The van der Waals surface area contributed by atoms with Crippen LogP contribution >= 0.6 is 11.8 Å². The molecule has 0 heterocycles. The molecule has 0 spiro atoms. The largest absolute Gasteiger partial charge is 0.398 e. The van der Waals surface area contributed by atoms with Crippen LogP contribution in [0.3, 0.4) is 0 Å². The minimum atomic E-state index is -0.0164. The fourth-order valence-corrected chi connectivity index (χ4v) is 2.43. The lowest BCUT2D eigenvalue weighted by molar-refractivity contribution is 0.0805. The van der Waals surface area contributed by atoms with Gasteiger partial charge in [0.2, 0.25) is 0 Å². The van der Waals surface area contributed by atoms with Gasteiger partial charge in [0, 0.05) is 25.0 Å². The van der Waals surface area contributed by atoms with Gasteiger partial charge in [-0.15, -0.1) is 0 Å². The number of amides is 1. The Morgan fingerprint density at radius 3 is 2.53 bits per heavy atom. The third kappa shape index (κ3) is 3.01. The Balaban J connectivity index is 2.33. The van der Waals surface area contributed by atoms with Crippen LogP contribution in [-0.2, 0) is 0 Å². The van der Waals surface area contributed by atoms with Crippen LogP contribution < -0.4 is 5.73 Å². The van der Waals surface area contributed by atoms with Crippen LogP contribution in [0.5, 0.6) is 0 Å². The van der Waals surface area contributed by atoms with Crippen molar-refractivity contribution < 1.29 is 4.79 Å². The van der Waals surface area contributed by atoms with Gasteiger partial charge in [-0.3, -0.25) is 4.79 Å². The van der Waals surface area contributed by atoms with Crippen molar-refractivity contribution in [2.24, 2.45) is 0 Å². The standard InChI is InChI=1S/C15H18N2OS/c1-17(7-8-19-2)15(18)13-9-11-5-3-4-6-12(11)10-14(13)16/h3-6,9-10H,7-8,16H2,1-2H3. The van der Waals surface area contributed by atoms with Crippen molar-refractivity contribution in [1.29, 1.82) is 0 Å². The van der Waals surface area contributed by atoms with Crippen molar-refractivity contribution >= 4 is 34.1 Å². The normalized spacial score (nSPS) is 10.6. The van der Waals surface area contributed by atoms with Crippen molar-refractivity contribution in [2.75, 3.05) is 31.3 Å². The third-order valence-electron chi connectivity index (χ3n) is 3.13. The Morgan fingerprint density at radius 1 is 1.26 bits per heavy atom. The number of nitrogens with two attached hydrogens (primary N) is 1. The first-order chi connectivity index (χ1) is 9.13. The van der Waals surface area contributed by atoms with Crippen molar-refractivity contribution in [3.8, 4) is 0 Å². The summed E-state index contributed by atoms with van der Waals surface area (Å²) in [5.41, 5.74) is 7.13. The van der Waals surface area contributed by atoms with E-state index in [0.29, 0.717) is 11.3 Å². The van der Waals surface area contributed by atoms with Crippen molar-refractivity contribution in [3.05, 3.63) is 42.0 Å². The second kappa shape index (κ2) is 5.97. The summed E-state index contributed by atoms with van der Waals surface area (Å²) in [6.07, 6.45) is 2.03. The quantitative estimate of drug-likeness (QED) is 0.872. The number of benzene rings is 2. The first kappa shape index (κ1) is 13.7. The molecule has 2 rings (SSSR count). The van der Waals surface area contributed by atoms with Crippen LogP contribution in [0.15, 0.2) is 36.4 Å². The number of fused-ring (bicyclic) bond motifs is 1. The summed E-state index contributed by atoms with van der Waals surface area (Å²) in [7, 11) is 1.81. The lowest BCUT2D eigenvalue weighted by atomic mass is 10.0. The molecule has 3 nitrogen and oxygen atoms in total. The number of nitrogens with zero attached hydrogens (tertiary/aromatic N) is 1. The minimum absolute atomic E-state index is 0.0164. The Morgan fingerprint density at radius 2 is 1.89 bits per heavy atom. The average molecular weight is 274 g/mol. The van der Waals surface area contributed by atoms with Crippen molar-refractivity contribution in [2.45, 2.75) is 0 Å². The highest BCUT2D eigenvalue weighted by molar-refractivity contribution is 7.98. The Labute approximate surface area is 117 Å². The second-order valence-electron chi connectivity index (χ2n) is 4.51. The average Bonchev–Trinajstić information content (AvgIpc) is 2.43. The van der Waals surface area contributed by atoms with Gasteiger partial charge in [0.15, 0.2) is 0 Å². The SMILES string of the molecule is CSCCN(C)C(=O)c1cc2ccccc2cc1N. The van der Waals surface area contributed by atoms with Gasteiger partial charge in [0.05, 0.1) is 5.56 Å². The maximum Gasteiger partial charge on any atom is 0.255 e. The molecule has 100 valence electrons. The predicted octanol–water partition coefficient (Wildman–Crippen LogP) is 2.86. The monoisotopic (exact) mass is 274 g/mol. The van der Waals surface area contributed by atoms with Gasteiger partial charge >= 0.3 is 0 Å². The highest BCUT2D eigenvalue weighted by Gasteiger charge is 2.15. The van der Waals surface area contributed by atoms with Crippen LogP contribution in [0.4, 0.5) is 5.69 Å². The maximum atomic E-state index is 12.4. The Kier molecular flexibility index (Phi) is 4.32. The molecule has 0 radical (unpaired) electrons. The second-order valence-corrected chi connectivity index (χ2v) is 5.49. The number of carbonyl (C=O) groups is 1. The number of thioether (sulfide) groups is 1. The minimum Gasteiger partial charge on any atom is -0.398 e. The lowest BCUT2D eigenvalue weighted by Crippen LogP contribution is -2.29. The fourth-order valence-electron chi connectivity index (χ4n) is 1.98. The zero-order valence-corrected chi connectivity index (χ0v) is 12.0. The van der Waals surface area contributed by atoms with E-state index in [1.54, 1.807) is 16.7 Å². The van der Waals surface area contributed by atoms with Gasteiger partial charge in [-0.2, -0.15) is 11.8 Å². The van der Waals surface area contributed by atoms with E-state index in [2.05, 4.69) is 0 Å². The third-order valence-corrected chi connectivity index (χ3v) is 3.72. The number of anilines is 1. The molecule has 0 aliphatic heterocycles. The smallest absolute Gasteiger partial charge is 0.255 e. The highest BCUT2D eigenvalue weighted by Crippen LogP contribution is 2.22. The van der Waals surface area contributed by atoms with Crippen molar-refractivity contribution in [3.63, 3.8) is 0 Å². The zero-order chi connectivity index (χ0) is 13.8. The summed E-state index contributed by atoms with van der Waals surface area (Å²) < 4.78 is 0. The number of nitrogen functional groups attached to an aromatic ring is 1. The van der Waals surface area contributed by atoms with E-state index in [4.69, 9.17) is 5.73 Å². The number of hydrogen-bond donors (Lipinski definition) is 1. The molecule has 0 aliphatic carbocycles. The van der Waals surface area contributed by atoms with Gasteiger partial charge < -0.3 is 10.6 Å². The van der Waals surface area contributed by atoms with Gasteiger partial charge in [-0.25, -0.2) is 0 Å². The molecule has 2 N–H and O–H groups in total. The molecule has 2 aromatic carbocycles. The molecule has 0 saturated carbocycles. The summed E-state index contributed by atoms with van der Waals surface area (Å²) in [6.45, 7) is 0.728. The van der Waals surface area contributed by atoms with E-state index in [1.165, 1.54) is 0 Å². The van der Waals surface area contributed by atoms with E-state index in [1.807, 2.05) is 49.7 Å². The molecule has 0 aliphatic rings. The van der Waals surface area contributed by atoms with Crippen LogP contribution in [0, 0.1) is 0 Å². The first-order valence-electron chi connectivity index (χ1n) is 6.16. The van der Waals surface area contributed by atoms with Crippen LogP contribution in [0.2, 0.25) is 0 Å². The summed E-state index contributed by atoms with van der Waals surface area (Å²) in [6, 6.07) is 11.7. The molecule has 0 bridgehead atoms. The Hall–Kier alpha value is -1.68. The number of hydrogen-bond acceptors (Lipinski definition) is 3. The number of carbonyl (C=O) groups excluding carboxylic acids is 1. The van der Waals surface area contributed by atoms with E-state index < -0.39 is 0 Å². The fraction of sp³-hybridized carbons (Fsp3) is 0.267. The molecule has 1 amide bonds. The van der Waals surface area contributed by atoms with Crippen LogP contribution in [-0.4, -0.2) is 36.4 Å². The molecule has 2 aromatic rings. The summed E-state index contributed by atoms with van der Waals surface area (Å²) in [4.78, 5) is 14.1. The van der Waals surface area contributed by atoms with Gasteiger partial charge in [-0.05, 0) is 29.2 Å². The van der Waals surface area contributed by atoms with Gasteiger partial charge in [0.25, 0.3) is 5.91 Å². The molecule has 19 heavy (non-hydrogen) atoms. The molecular weight excluding hydrogens is 256 g/mol. The topological polar surface area (TPSA) is 46.3 Å². The lowest BCUT2D eigenvalue weighted by Gasteiger charge is -2.18. The summed E-state index contributed by atoms with van der Waals surface area (Å²) in [5, 5.41) is 2.10. The molecular formula is C15H18N2OS. The summed E-state index contributed by atoms with van der Waals surface area (Å²) in [5.74, 6) is 0.910. The van der Waals surface area contributed by atoms with Crippen molar-refractivity contribution in [1.82, 2.24) is 4.90 Å².